The molecule has 100 valence electrons. The molecule has 19 heavy (non-hydrogen) atoms. The van der Waals surface area contributed by atoms with Crippen molar-refractivity contribution in [2.24, 2.45) is 0 Å². The molecule has 5 N–H and O–H groups in total. The Bertz CT molecular complexity index is 625. The number of hydrogen-bond donors (Lipinski definition) is 4. The first-order valence-corrected chi connectivity index (χ1v) is 6.01. The van der Waals surface area contributed by atoms with Crippen LogP contribution in [0.1, 0.15) is 12.6 Å². The predicted molar refractivity (Wildman–Crippen MR) is 64.3 cm³/mol. The van der Waals surface area contributed by atoms with Crippen molar-refractivity contribution in [2.75, 3.05) is 5.73 Å². The quantitative estimate of drug-likeness (QED) is 0.479. The van der Waals surface area contributed by atoms with Crippen LogP contribution in [0.15, 0.2) is 12.7 Å². The Morgan fingerprint density at radius 2 is 2.21 bits per heavy atom. The van der Waals surface area contributed by atoms with Crippen LogP contribution in [-0.4, -0.2) is 43.0 Å². The van der Waals surface area contributed by atoms with Gasteiger partial charge < -0.3 is 15.6 Å². The number of hydrogen-bond acceptors (Lipinski definition) is 8. The van der Waals surface area contributed by atoms with Crippen LogP contribution in [0.4, 0.5) is 5.82 Å². The van der Waals surface area contributed by atoms with Crippen molar-refractivity contribution in [3.05, 3.63) is 12.7 Å². The van der Waals surface area contributed by atoms with Gasteiger partial charge in [0.15, 0.2) is 17.7 Å². The van der Waals surface area contributed by atoms with Crippen molar-refractivity contribution in [1.82, 2.24) is 30.4 Å². The van der Waals surface area contributed by atoms with Gasteiger partial charge in [0.05, 0.1) is 12.4 Å². The molecule has 2 saturated heterocycles. The molecular weight excluding hydrogens is 250 g/mol. The Morgan fingerprint density at radius 1 is 1.37 bits per heavy atom. The lowest BCUT2D eigenvalue weighted by molar-refractivity contribution is -0.0355. The number of imidazole rings is 1. The van der Waals surface area contributed by atoms with Crippen LogP contribution in [0, 0.1) is 0 Å². The van der Waals surface area contributed by atoms with Crippen molar-refractivity contribution in [3.8, 4) is 0 Å². The zero-order chi connectivity index (χ0) is 13.0. The number of aliphatic hydroxyl groups excluding tert-OH is 1. The Labute approximate surface area is 107 Å². The van der Waals surface area contributed by atoms with Crippen LogP contribution in [-0.2, 0) is 4.74 Å². The van der Waals surface area contributed by atoms with Crippen molar-refractivity contribution in [3.63, 3.8) is 0 Å². The zero-order valence-corrected chi connectivity index (χ0v) is 9.89. The minimum Gasteiger partial charge on any atom is -0.388 e. The molecule has 0 radical (unpaired) electrons. The van der Waals surface area contributed by atoms with Gasteiger partial charge >= 0.3 is 0 Å². The molecule has 0 aromatic carbocycles. The van der Waals surface area contributed by atoms with Gasteiger partial charge in [0.25, 0.3) is 0 Å². The molecule has 0 aliphatic carbocycles. The largest absolute Gasteiger partial charge is 0.388 e. The smallest absolute Gasteiger partial charge is 0.167 e. The molecule has 2 aliphatic heterocycles. The van der Waals surface area contributed by atoms with Crippen molar-refractivity contribution >= 4 is 17.0 Å². The fourth-order valence-corrected chi connectivity index (χ4v) is 2.44. The summed E-state index contributed by atoms with van der Waals surface area (Å²) in [5, 5.41) is 10.1. The lowest BCUT2D eigenvalue weighted by Crippen LogP contribution is -2.20. The molecule has 4 heterocycles. The van der Waals surface area contributed by atoms with Gasteiger partial charge in [0.1, 0.15) is 24.1 Å². The number of aromatic nitrogens is 4. The second-order valence-corrected chi connectivity index (χ2v) is 4.72. The topological polar surface area (TPSA) is 143 Å². The monoisotopic (exact) mass is 263 g/mol. The number of ether oxygens (including phenoxy) is 1. The maximum Gasteiger partial charge on any atom is 0.167 e. The molecule has 1 unspecified atom stereocenters. The standard InChI is InChI=1S/C10H13N7O2/c11-7-6-9(13-2-12-7)17(3-14-6)10-4(18)1-5(19-10)8-15-16-8/h2-5,8,10,15-16,18H,1H2,(H2,11,12,13)/t4?,5-,10+/m0/s1. The summed E-state index contributed by atoms with van der Waals surface area (Å²) >= 11 is 0. The van der Waals surface area contributed by atoms with Crippen LogP contribution in [0.2, 0.25) is 0 Å². The molecule has 2 aromatic rings. The fraction of sp³-hybridized carbons (Fsp3) is 0.500. The maximum atomic E-state index is 10.1. The number of nitrogens with one attached hydrogen (secondary N) is 2. The van der Waals surface area contributed by atoms with Gasteiger partial charge in [-0.25, -0.2) is 25.8 Å². The lowest BCUT2D eigenvalue weighted by Gasteiger charge is -2.16. The van der Waals surface area contributed by atoms with Gasteiger partial charge in [0.2, 0.25) is 0 Å². The van der Waals surface area contributed by atoms with Crippen LogP contribution >= 0.6 is 0 Å². The van der Waals surface area contributed by atoms with E-state index in [0.29, 0.717) is 23.4 Å². The number of nitrogens with two attached hydrogens (primary N) is 1. The number of nitrogen functional groups attached to an aromatic ring is 1. The normalized spacial score (nSPS) is 31.1. The summed E-state index contributed by atoms with van der Waals surface area (Å²) in [6.45, 7) is 0. The van der Waals surface area contributed by atoms with Crippen LogP contribution in [0.5, 0.6) is 0 Å². The van der Waals surface area contributed by atoms with Crippen LogP contribution in [0.25, 0.3) is 11.2 Å². The van der Waals surface area contributed by atoms with E-state index in [0.717, 1.165) is 0 Å². The highest BCUT2D eigenvalue weighted by Crippen LogP contribution is 2.33. The summed E-state index contributed by atoms with van der Waals surface area (Å²) in [5.74, 6) is 0.318. The molecule has 0 bridgehead atoms. The van der Waals surface area contributed by atoms with E-state index in [-0.39, 0.29) is 12.3 Å². The number of aliphatic hydroxyl groups is 1. The molecule has 4 rings (SSSR count). The Morgan fingerprint density at radius 3 is 3.00 bits per heavy atom. The summed E-state index contributed by atoms with van der Waals surface area (Å²) in [5.41, 5.74) is 12.7. The first-order valence-electron chi connectivity index (χ1n) is 6.01. The number of nitrogens with zero attached hydrogens (tertiary/aromatic N) is 4. The summed E-state index contributed by atoms with van der Waals surface area (Å²) in [6.07, 6.45) is 2.41. The molecule has 0 spiro atoms. The second kappa shape index (κ2) is 3.84. The van der Waals surface area contributed by atoms with E-state index in [1.54, 1.807) is 10.9 Å². The molecule has 9 heteroatoms. The van der Waals surface area contributed by atoms with Crippen LogP contribution < -0.4 is 16.6 Å². The van der Waals surface area contributed by atoms with Crippen LogP contribution in [0.3, 0.4) is 0 Å². The van der Waals surface area contributed by atoms with Gasteiger partial charge in [-0.15, -0.1) is 0 Å². The first-order chi connectivity index (χ1) is 9.24. The zero-order valence-electron chi connectivity index (χ0n) is 9.89. The molecule has 0 amide bonds. The molecule has 2 fully saturated rings. The first kappa shape index (κ1) is 11.1. The third-order valence-electron chi connectivity index (χ3n) is 3.46. The summed E-state index contributed by atoms with van der Waals surface area (Å²) in [7, 11) is 0. The summed E-state index contributed by atoms with van der Waals surface area (Å²) < 4.78 is 7.53. The highest BCUT2D eigenvalue weighted by Gasteiger charge is 2.43. The van der Waals surface area contributed by atoms with Gasteiger partial charge in [0, 0.05) is 6.42 Å². The Balaban J connectivity index is 1.72. The molecule has 2 aliphatic rings. The number of anilines is 1. The summed E-state index contributed by atoms with van der Waals surface area (Å²) in [6, 6.07) is 0. The number of hydrazine groups is 1. The van der Waals surface area contributed by atoms with E-state index in [4.69, 9.17) is 10.5 Å². The highest BCUT2D eigenvalue weighted by molar-refractivity contribution is 5.81. The summed E-state index contributed by atoms with van der Waals surface area (Å²) in [4.78, 5) is 12.2. The van der Waals surface area contributed by atoms with Crippen molar-refractivity contribution in [2.45, 2.75) is 31.0 Å². The highest BCUT2D eigenvalue weighted by atomic mass is 16.5. The lowest BCUT2D eigenvalue weighted by atomic mass is 10.2. The van der Waals surface area contributed by atoms with E-state index >= 15 is 0 Å². The van der Waals surface area contributed by atoms with E-state index < -0.39 is 12.3 Å². The van der Waals surface area contributed by atoms with Gasteiger partial charge in [-0.05, 0) is 0 Å². The minimum atomic E-state index is -0.609. The third kappa shape index (κ3) is 1.67. The van der Waals surface area contributed by atoms with E-state index in [1.807, 2.05) is 0 Å². The molecule has 0 saturated carbocycles. The fourth-order valence-electron chi connectivity index (χ4n) is 2.44. The SMILES string of the molecule is Nc1ncnc2c1ncn2[C@@H]1O[C@H](C2NN2)CC1O. The Hall–Kier alpha value is -1.81. The van der Waals surface area contributed by atoms with Gasteiger partial charge in [-0.3, -0.25) is 4.57 Å². The van der Waals surface area contributed by atoms with E-state index in [2.05, 4.69) is 25.8 Å². The van der Waals surface area contributed by atoms with Crippen molar-refractivity contribution in [1.29, 1.82) is 0 Å². The third-order valence-corrected chi connectivity index (χ3v) is 3.46. The predicted octanol–water partition coefficient (Wildman–Crippen LogP) is -1.51. The van der Waals surface area contributed by atoms with E-state index in [9.17, 15) is 5.11 Å². The van der Waals surface area contributed by atoms with Gasteiger partial charge in [-0.1, -0.05) is 0 Å². The average molecular weight is 263 g/mol. The van der Waals surface area contributed by atoms with Crippen molar-refractivity contribution < 1.29 is 9.84 Å². The molecule has 9 nitrogen and oxygen atoms in total. The maximum absolute atomic E-state index is 10.1. The van der Waals surface area contributed by atoms with Gasteiger partial charge in [-0.2, -0.15) is 0 Å². The second-order valence-electron chi connectivity index (χ2n) is 4.72. The Kier molecular flexibility index (Phi) is 2.23. The molecular formula is C10H13N7O2. The molecule has 3 atom stereocenters. The minimum absolute atomic E-state index is 0.0726. The number of fused-ring (bicyclic) bond motifs is 1. The number of rotatable bonds is 2. The van der Waals surface area contributed by atoms with E-state index in [1.165, 1.54) is 6.33 Å². The molecule has 2 aromatic heterocycles. The average Bonchev–Trinajstić information content (AvgIpc) is 3.04.